The van der Waals surface area contributed by atoms with E-state index in [1.807, 2.05) is 5.32 Å². The lowest BCUT2D eigenvalue weighted by Crippen LogP contribution is -2.35. The van der Waals surface area contributed by atoms with Gasteiger partial charge in [0.05, 0.1) is 23.8 Å². The number of nitrogens with one attached hydrogen (secondary N) is 2. The van der Waals surface area contributed by atoms with Gasteiger partial charge in [-0.3, -0.25) is 4.79 Å². The van der Waals surface area contributed by atoms with Crippen molar-refractivity contribution in [2.75, 3.05) is 18.4 Å². The number of rotatable bonds is 4. The molecule has 100 valence electrons. The lowest BCUT2D eigenvalue weighted by atomic mass is 10.3. The van der Waals surface area contributed by atoms with Gasteiger partial charge in [0.1, 0.15) is 5.82 Å². The molecule has 0 aliphatic rings. The van der Waals surface area contributed by atoms with Gasteiger partial charge in [-0.25, -0.2) is 4.39 Å². The highest BCUT2D eigenvalue weighted by Gasteiger charge is 2.26. The average molecular weight is 285 g/mol. The quantitative estimate of drug-likeness (QED) is 0.835. The van der Waals surface area contributed by atoms with E-state index in [2.05, 4.69) is 5.32 Å². The van der Waals surface area contributed by atoms with Crippen LogP contribution in [0.5, 0.6) is 0 Å². The Labute approximate surface area is 105 Å². The summed E-state index contributed by atoms with van der Waals surface area (Å²) in [4.78, 5) is 11.2. The van der Waals surface area contributed by atoms with Crippen LogP contribution in [0, 0.1) is 5.82 Å². The largest absolute Gasteiger partial charge is 0.401 e. The summed E-state index contributed by atoms with van der Waals surface area (Å²) >= 11 is 5.63. The Morgan fingerprint density at radius 3 is 2.56 bits per heavy atom. The van der Waals surface area contributed by atoms with E-state index < -0.39 is 31.0 Å². The summed E-state index contributed by atoms with van der Waals surface area (Å²) in [5.41, 5.74) is -0.252. The van der Waals surface area contributed by atoms with E-state index in [-0.39, 0.29) is 10.7 Å². The van der Waals surface area contributed by atoms with E-state index in [1.165, 1.54) is 12.1 Å². The van der Waals surface area contributed by atoms with Crippen LogP contribution >= 0.6 is 11.6 Å². The third-order valence-electron chi connectivity index (χ3n) is 1.84. The van der Waals surface area contributed by atoms with Crippen molar-refractivity contribution in [3.63, 3.8) is 0 Å². The molecule has 1 amide bonds. The normalized spacial score (nSPS) is 11.4. The Balaban J connectivity index is 2.50. The molecule has 0 aliphatic carbocycles. The predicted molar refractivity (Wildman–Crippen MR) is 59.0 cm³/mol. The molecular formula is C10H9ClF4N2O. The lowest BCUT2D eigenvalue weighted by molar-refractivity contribution is -0.126. The molecule has 18 heavy (non-hydrogen) atoms. The maximum Gasteiger partial charge on any atom is 0.401 e. The lowest BCUT2D eigenvalue weighted by Gasteiger charge is -2.10. The SMILES string of the molecule is O=C(CNCC(F)(F)F)Nc1c(F)cccc1Cl. The minimum absolute atomic E-state index is 0.0285. The Hall–Kier alpha value is -1.34. The Morgan fingerprint density at radius 1 is 1.33 bits per heavy atom. The highest BCUT2D eigenvalue weighted by molar-refractivity contribution is 6.33. The smallest absolute Gasteiger partial charge is 0.321 e. The standard InChI is InChI=1S/C10H9ClF4N2O/c11-6-2-1-3-7(12)9(6)17-8(18)4-16-5-10(13,14)15/h1-3,16H,4-5H2,(H,17,18). The third kappa shape index (κ3) is 4.89. The Kier molecular flexibility index (Phi) is 4.92. The predicted octanol–water partition coefficient (Wildman–Crippen LogP) is 2.57. The molecule has 1 aromatic rings. The second kappa shape index (κ2) is 6.01. The molecule has 0 aliphatic heterocycles. The number of hydrogen-bond donors (Lipinski definition) is 2. The van der Waals surface area contributed by atoms with Crippen molar-refractivity contribution in [3.05, 3.63) is 29.0 Å². The van der Waals surface area contributed by atoms with Crippen LogP contribution in [0.1, 0.15) is 0 Å². The fraction of sp³-hybridized carbons (Fsp3) is 0.300. The van der Waals surface area contributed by atoms with Crippen molar-refractivity contribution in [1.29, 1.82) is 0 Å². The monoisotopic (exact) mass is 284 g/mol. The number of alkyl halides is 3. The summed E-state index contributed by atoms with van der Waals surface area (Å²) < 4.78 is 48.6. The fourth-order valence-electron chi connectivity index (χ4n) is 1.12. The van der Waals surface area contributed by atoms with Crippen molar-refractivity contribution in [1.82, 2.24) is 5.32 Å². The molecule has 3 nitrogen and oxygen atoms in total. The van der Waals surface area contributed by atoms with Crippen LogP contribution in [0.15, 0.2) is 18.2 Å². The number of benzene rings is 1. The molecule has 0 saturated carbocycles. The summed E-state index contributed by atoms with van der Waals surface area (Å²) in [5.74, 6) is -1.57. The van der Waals surface area contributed by atoms with Gasteiger partial charge in [0.25, 0.3) is 0 Å². The minimum Gasteiger partial charge on any atom is -0.321 e. The highest BCUT2D eigenvalue weighted by Crippen LogP contribution is 2.24. The molecule has 0 atom stereocenters. The second-order valence-electron chi connectivity index (χ2n) is 3.36. The molecule has 0 bridgehead atoms. The van der Waals surface area contributed by atoms with E-state index in [0.717, 1.165) is 6.07 Å². The minimum atomic E-state index is -4.41. The fourth-order valence-corrected chi connectivity index (χ4v) is 1.33. The number of anilines is 1. The van der Waals surface area contributed by atoms with Crippen LogP contribution in [0.3, 0.4) is 0 Å². The van der Waals surface area contributed by atoms with Crippen LogP contribution < -0.4 is 10.6 Å². The third-order valence-corrected chi connectivity index (χ3v) is 2.15. The first kappa shape index (κ1) is 14.7. The van der Waals surface area contributed by atoms with Gasteiger partial charge in [-0.1, -0.05) is 17.7 Å². The van der Waals surface area contributed by atoms with E-state index in [4.69, 9.17) is 11.6 Å². The molecule has 1 aromatic carbocycles. The van der Waals surface area contributed by atoms with Crippen LogP contribution in [0.2, 0.25) is 5.02 Å². The molecule has 0 aromatic heterocycles. The zero-order valence-electron chi connectivity index (χ0n) is 8.94. The van der Waals surface area contributed by atoms with Crippen LogP contribution in [0.4, 0.5) is 23.2 Å². The van der Waals surface area contributed by atoms with Crippen molar-refractivity contribution in [3.8, 4) is 0 Å². The molecule has 2 N–H and O–H groups in total. The molecular weight excluding hydrogens is 276 g/mol. The topological polar surface area (TPSA) is 41.1 Å². The zero-order chi connectivity index (χ0) is 13.8. The number of halogens is 5. The zero-order valence-corrected chi connectivity index (χ0v) is 9.70. The summed E-state index contributed by atoms with van der Waals surface area (Å²) in [6, 6.07) is 3.77. The second-order valence-corrected chi connectivity index (χ2v) is 3.77. The molecule has 0 spiro atoms. The summed E-state index contributed by atoms with van der Waals surface area (Å²) in [6.07, 6.45) is -4.41. The van der Waals surface area contributed by atoms with E-state index >= 15 is 0 Å². The van der Waals surface area contributed by atoms with E-state index in [9.17, 15) is 22.4 Å². The van der Waals surface area contributed by atoms with Gasteiger partial charge in [-0.15, -0.1) is 0 Å². The first-order chi connectivity index (χ1) is 8.29. The van der Waals surface area contributed by atoms with Gasteiger partial charge < -0.3 is 10.6 Å². The van der Waals surface area contributed by atoms with Crippen molar-refractivity contribution in [2.24, 2.45) is 0 Å². The molecule has 1 rings (SSSR count). The van der Waals surface area contributed by atoms with E-state index in [0.29, 0.717) is 0 Å². The maximum atomic E-state index is 13.2. The number of hydrogen-bond acceptors (Lipinski definition) is 2. The molecule has 0 saturated heterocycles. The summed E-state index contributed by atoms with van der Waals surface area (Å²) in [7, 11) is 0. The number of carbonyl (C=O) groups excluding carboxylic acids is 1. The van der Waals surface area contributed by atoms with Gasteiger partial charge in [0.15, 0.2) is 0 Å². The van der Waals surface area contributed by atoms with Gasteiger partial charge in [0, 0.05) is 0 Å². The molecule has 0 fully saturated rings. The summed E-state index contributed by atoms with van der Waals surface area (Å²) in [6.45, 7) is -1.89. The first-order valence-corrected chi connectivity index (χ1v) is 5.19. The van der Waals surface area contributed by atoms with Gasteiger partial charge in [0.2, 0.25) is 5.91 Å². The first-order valence-electron chi connectivity index (χ1n) is 4.81. The number of para-hydroxylation sites is 1. The van der Waals surface area contributed by atoms with E-state index in [1.54, 1.807) is 0 Å². The highest BCUT2D eigenvalue weighted by atomic mass is 35.5. The maximum absolute atomic E-state index is 13.2. The number of amides is 1. The van der Waals surface area contributed by atoms with Crippen LogP contribution in [0.25, 0.3) is 0 Å². The van der Waals surface area contributed by atoms with Crippen molar-refractivity contribution >= 4 is 23.2 Å². The van der Waals surface area contributed by atoms with Gasteiger partial charge in [-0.05, 0) is 12.1 Å². The number of carbonyl (C=O) groups is 1. The van der Waals surface area contributed by atoms with Crippen LogP contribution in [-0.2, 0) is 4.79 Å². The average Bonchev–Trinajstić information content (AvgIpc) is 2.22. The van der Waals surface area contributed by atoms with Crippen molar-refractivity contribution in [2.45, 2.75) is 6.18 Å². The van der Waals surface area contributed by atoms with Crippen molar-refractivity contribution < 1.29 is 22.4 Å². The summed E-state index contributed by atoms with van der Waals surface area (Å²) in [5, 5.41) is 3.94. The van der Waals surface area contributed by atoms with Gasteiger partial charge in [-0.2, -0.15) is 13.2 Å². The molecule has 0 unspecified atom stereocenters. The van der Waals surface area contributed by atoms with Crippen LogP contribution in [-0.4, -0.2) is 25.2 Å². The molecule has 0 heterocycles. The Bertz CT molecular complexity index is 416. The van der Waals surface area contributed by atoms with Gasteiger partial charge >= 0.3 is 6.18 Å². The Morgan fingerprint density at radius 2 is 2.00 bits per heavy atom. The molecule has 8 heteroatoms. The molecule has 0 radical (unpaired) electrons.